The van der Waals surface area contributed by atoms with Crippen LogP contribution in [0, 0.1) is 17.7 Å². The lowest BCUT2D eigenvalue weighted by atomic mass is 9.91. The maximum absolute atomic E-state index is 14.1. The molecule has 0 saturated heterocycles. The molecule has 1 fully saturated rings. The zero-order valence-corrected chi connectivity index (χ0v) is 12.3. The molecule has 0 aromatic heterocycles. The fraction of sp³-hybridized carbons (Fsp3) is 0.529. The first-order valence-corrected chi connectivity index (χ1v) is 7.38. The molecule has 114 valence electrons. The average molecular weight is 291 g/mol. The maximum Gasteiger partial charge on any atom is 0.128 e. The third-order valence-corrected chi connectivity index (χ3v) is 4.04. The lowest BCUT2D eigenvalue weighted by molar-refractivity contribution is 0.0284. The molecule has 1 aliphatic rings. The largest absolute Gasteiger partial charge is 0.391 e. The molecule has 21 heavy (non-hydrogen) atoms. The van der Waals surface area contributed by atoms with Crippen LogP contribution in [0.25, 0.3) is 0 Å². The molecule has 0 aliphatic heterocycles. The van der Waals surface area contributed by atoms with E-state index in [-0.39, 0.29) is 24.6 Å². The third-order valence-electron chi connectivity index (χ3n) is 4.04. The summed E-state index contributed by atoms with van der Waals surface area (Å²) in [7, 11) is 1.93. The molecule has 0 bridgehead atoms. The van der Waals surface area contributed by atoms with E-state index in [4.69, 9.17) is 5.11 Å². The second kappa shape index (κ2) is 7.56. The summed E-state index contributed by atoms with van der Waals surface area (Å²) in [5.41, 5.74) is 1.16. The number of hydrogen-bond donors (Lipinski definition) is 2. The predicted octanol–water partition coefficient (Wildman–Crippen LogP) is 1.90. The first kappa shape index (κ1) is 16.0. The fourth-order valence-corrected chi connectivity index (χ4v) is 2.89. The van der Waals surface area contributed by atoms with E-state index >= 15 is 0 Å². The van der Waals surface area contributed by atoms with E-state index in [1.54, 1.807) is 12.1 Å². The standard InChI is InChI=1S/C17H22FNO2/c1-19(16-6-2-3-7-17(16)21)12-14-9-8-13(5-4-10-20)11-15(14)18/h8-9,11,16-17,20-21H,2-3,6-7,10,12H2,1H3. The zero-order chi connectivity index (χ0) is 15.2. The molecule has 2 atom stereocenters. The summed E-state index contributed by atoms with van der Waals surface area (Å²) in [6, 6.07) is 4.98. The summed E-state index contributed by atoms with van der Waals surface area (Å²) in [6.45, 7) is 0.243. The first-order chi connectivity index (χ1) is 10.1. The highest BCUT2D eigenvalue weighted by molar-refractivity contribution is 5.37. The Bertz CT molecular complexity index is 535. The molecule has 0 radical (unpaired) electrons. The van der Waals surface area contributed by atoms with Crippen LogP contribution < -0.4 is 0 Å². The Balaban J connectivity index is 2.05. The number of halogens is 1. The predicted molar refractivity (Wildman–Crippen MR) is 80.1 cm³/mol. The number of likely N-dealkylation sites (N-methyl/N-ethyl adjacent to an activating group) is 1. The van der Waals surface area contributed by atoms with Crippen molar-refractivity contribution in [3.8, 4) is 11.8 Å². The minimum atomic E-state index is -0.318. The number of rotatable bonds is 3. The van der Waals surface area contributed by atoms with Crippen LogP contribution in [0.4, 0.5) is 4.39 Å². The highest BCUT2D eigenvalue weighted by Gasteiger charge is 2.26. The van der Waals surface area contributed by atoms with Gasteiger partial charge in [-0.05, 0) is 32.0 Å². The third kappa shape index (κ3) is 4.28. The Morgan fingerprint density at radius 3 is 2.76 bits per heavy atom. The molecule has 1 saturated carbocycles. The van der Waals surface area contributed by atoms with Gasteiger partial charge in [0.25, 0.3) is 0 Å². The van der Waals surface area contributed by atoms with Crippen molar-refractivity contribution in [1.29, 1.82) is 0 Å². The summed E-state index contributed by atoms with van der Waals surface area (Å²) < 4.78 is 14.1. The minimum Gasteiger partial charge on any atom is -0.391 e. The van der Waals surface area contributed by atoms with Gasteiger partial charge >= 0.3 is 0 Å². The van der Waals surface area contributed by atoms with Crippen LogP contribution in [-0.2, 0) is 6.54 Å². The van der Waals surface area contributed by atoms with Gasteiger partial charge in [-0.2, -0.15) is 0 Å². The van der Waals surface area contributed by atoms with Crippen LogP contribution in [0.3, 0.4) is 0 Å². The van der Waals surface area contributed by atoms with Crippen LogP contribution >= 0.6 is 0 Å². The number of aliphatic hydroxyl groups excluding tert-OH is 2. The van der Waals surface area contributed by atoms with Gasteiger partial charge in [-0.25, -0.2) is 4.39 Å². The van der Waals surface area contributed by atoms with Gasteiger partial charge in [0.2, 0.25) is 0 Å². The van der Waals surface area contributed by atoms with Crippen molar-refractivity contribution in [2.45, 2.75) is 44.4 Å². The molecule has 2 N–H and O–H groups in total. The van der Waals surface area contributed by atoms with Gasteiger partial charge in [0.1, 0.15) is 12.4 Å². The summed E-state index contributed by atoms with van der Waals surface area (Å²) in [6.07, 6.45) is 3.65. The Labute approximate surface area is 125 Å². The van der Waals surface area contributed by atoms with Crippen LogP contribution in [0.1, 0.15) is 36.8 Å². The van der Waals surface area contributed by atoms with E-state index in [9.17, 15) is 9.50 Å². The van der Waals surface area contributed by atoms with E-state index < -0.39 is 0 Å². The highest BCUT2D eigenvalue weighted by Crippen LogP contribution is 2.24. The number of hydrogen-bond acceptors (Lipinski definition) is 3. The topological polar surface area (TPSA) is 43.7 Å². The van der Waals surface area contributed by atoms with Gasteiger partial charge in [-0.15, -0.1) is 0 Å². The molecule has 2 rings (SSSR count). The van der Waals surface area contributed by atoms with E-state index in [0.29, 0.717) is 17.7 Å². The van der Waals surface area contributed by atoms with Crippen molar-refractivity contribution in [3.05, 3.63) is 35.1 Å². The number of benzene rings is 1. The summed E-state index contributed by atoms with van der Waals surface area (Å²) >= 11 is 0. The highest BCUT2D eigenvalue weighted by atomic mass is 19.1. The van der Waals surface area contributed by atoms with E-state index in [1.165, 1.54) is 6.07 Å². The number of aliphatic hydroxyl groups is 2. The monoisotopic (exact) mass is 291 g/mol. The maximum atomic E-state index is 14.1. The molecule has 4 heteroatoms. The molecule has 2 unspecified atom stereocenters. The molecule has 1 aromatic rings. The van der Waals surface area contributed by atoms with Crippen molar-refractivity contribution >= 4 is 0 Å². The van der Waals surface area contributed by atoms with Crippen molar-refractivity contribution in [2.24, 2.45) is 0 Å². The molecular formula is C17H22FNO2. The van der Waals surface area contributed by atoms with Crippen molar-refractivity contribution in [2.75, 3.05) is 13.7 Å². The lowest BCUT2D eigenvalue weighted by Gasteiger charge is -2.35. The van der Waals surface area contributed by atoms with Crippen LogP contribution in [-0.4, -0.2) is 40.9 Å². The zero-order valence-electron chi connectivity index (χ0n) is 12.3. The van der Waals surface area contributed by atoms with Gasteiger partial charge in [0.15, 0.2) is 0 Å². The van der Waals surface area contributed by atoms with Crippen LogP contribution in [0.15, 0.2) is 18.2 Å². The van der Waals surface area contributed by atoms with E-state index in [1.807, 2.05) is 11.9 Å². The lowest BCUT2D eigenvalue weighted by Crippen LogP contribution is -2.43. The van der Waals surface area contributed by atoms with E-state index in [2.05, 4.69) is 11.8 Å². The molecule has 0 spiro atoms. The van der Waals surface area contributed by atoms with Gasteiger partial charge in [-0.1, -0.05) is 30.7 Å². The second-order valence-electron chi connectivity index (χ2n) is 5.60. The van der Waals surface area contributed by atoms with Crippen molar-refractivity contribution in [3.63, 3.8) is 0 Å². The Hall–Kier alpha value is -1.41. The number of nitrogens with zero attached hydrogens (tertiary/aromatic N) is 1. The van der Waals surface area contributed by atoms with Crippen molar-refractivity contribution in [1.82, 2.24) is 4.90 Å². The van der Waals surface area contributed by atoms with Crippen molar-refractivity contribution < 1.29 is 14.6 Å². The molecule has 3 nitrogen and oxygen atoms in total. The molecular weight excluding hydrogens is 269 g/mol. The SMILES string of the molecule is CN(Cc1ccc(C#CCO)cc1F)C1CCCCC1O. The van der Waals surface area contributed by atoms with Crippen LogP contribution in [0.5, 0.6) is 0 Å². The van der Waals surface area contributed by atoms with Gasteiger partial charge in [-0.3, -0.25) is 4.90 Å². The van der Waals surface area contributed by atoms with Crippen LogP contribution in [0.2, 0.25) is 0 Å². The van der Waals surface area contributed by atoms with Gasteiger partial charge < -0.3 is 10.2 Å². The smallest absolute Gasteiger partial charge is 0.128 e. The molecule has 0 amide bonds. The van der Waals surface area contributed by atoms with E-state index in [0.717, 1.165) is 25.7 Å². The Morgan fingerprint density at radius 2 is 2.10 bits per heavy atom. The Morgan fingerprint density at radius 1 is 1.33 bits per heavy atom. The molecule has 1 aromatic carbocycles. The second-order valence-corrected chi connectivity index (χ2v) is 5.60. The van der Waals surface area contributed by atoms with Gasteiger partial charge in [0.05, 0.1) is 6.10 Å². The molecule has 1 aliphatic carbocycles. The summed E-state index contributed by atoms with van der Waals surface area (Å²) in [5, 5.41) is 18.7. The fourth-order valence-electron chi connectivity index (χ4n) is 2.89. The summed E-state index contributed by atoms with van der Waals surface area (Å²) in [4.78, 5) is 2.03. The van der Waals surface area contributed by atoms with Gasteiger partial charge in [0, 0.05) is 23.7 Å². The molecule has 0 heterocycles. The first-order valence-electron chi connectivity index (χ1n) is 7.38. The minimum absolute atomic E-state index is 0.104. The quantitative estimate of drug-likeness (QED) is 0.836. The average Bonchev–Trinajstić information content (AvgIpc) is 2.48. The summed E-state index contributed by atoms with van der Waals surface area (Å²) in [5.74, 6) is 4.90. The normalized spacial score (nSPS) is 22.0. The Kier molecular flexibility index (Phi) is 5.75.